The van der Waals surface area contributed by atoms with Gasteiger partial charge in [0.15, 0.2) is 0 Å². The number of hydrogen-bond acceptors (Lipinski definition) is 4. The number of aliphatic imine (C=N–C) groups is 1. The minimum Gasteiger partial charge on any atom is -0.379 e. The van der Waals surface area contributed by atoms with Crippen molar-refractivity contribution in [2.75, 3.05) is 31.2 Å². The Morgan fingerprint density at radius 3 is 2.37 bits per heavy atom. The van der Waals surface area contributed by atoms with Gasteiger partial charge in [0.2, 0.25) is 10.0 Å². The van der Waals surface area contributed by atoms with Crippen molar-refractivity contribution in [3.05, 3.63) is 95.1 Å². The van der Waals surface area contributed by atoms with Crippen LogP contribution in [0.15, 0.2) is 76.6 Å². The van der Waals surface area contributed by atoms with Gasteiger partial charge in [-0.3, -0.25) is 4.79 Å². The summed E-state index contributed by atoms with van der Waals surface area (Å²) in [5, 5.41) is 0. The zero-order valence-electron chi connectivity index (χ0n) is 18.5. The lowest BCUT2D eigenvalue weighted by Gasteiger charge is -2.26. The number of carbonyl (C=O) groups excluding carboxylic acids is 1. The van der Waals surface area contributed by atoms with Gasteiger partial charge in [-0.05, 0) is 42.0 Å². The lowest BCUT2D eigenvalue weighted by molar-refractivity contribution is 0.0730. The van der Waals surface area contributed by atoms with Crippen LogP contribution < -0.4 is 4.90 Å². The van der Waals surface area contributed by atoms with E-state index in [4.69, 9.17) is 4.74 Å². The number of halogens is 2. The number of nitrogens with zero attached hydrogens (tertiary/aromatic N) is 3. The molecule has 5 rings (SSSR count). The minimum absolute atomic E-state index is 0.155. The van der Waals surface area contributed by atoms with Crippen LogP contribution in [0.5, 0.6) is 0 Å². The molecule has 0 aromatic heterocycles. The summed E-state index contributed by atoms with van der Waals surface area (Å²) in [5.41, 5.74) is 1.89. The second-order valence-corrected chi connectivity index (χ2v) is 10.1. The third kappa shape index (κ3) is 4.47. The van der Waals surface area contributed by atoms with Crippen LogP contribution in [0.3, 0.4) is 0 Å². The molecule has 0 bridgehead atoms. The zero-order valence-corrected chi connectivity index (χ0v) is 19.3. The van der Waals surface area contributed by atoms with Crippen molar-refractivity contribution in [2.45, 2.75) is 11.4 Å². The molecule has 180 valence electrons. The SMILES string of the molecule is O=C(N=C1c2ccccc2CN1c1ccc(S(=O)(=O)N2CCOCC2)cc1)c1ccc(F)cc1F. The highest BCUT2D eigenvalue weighted by Gasteiger charge is 2.30. The molecule has 2 aliphatic rings. The minimum atomic E-state index is -3.65. The Kier molecular flexibility index (Phi) is 6.18. The lowest BCUT2D eigenvalue weighted by Crippen LogP contribution is -2.40. The molecule has 3 aromatic rings. The molecule has 35 heavy (non-hydrogen) atoms. The number of sulfonamides is 1. The number of hydrogen-bond donors (Lipinski definition) is 0. The smallest absolute Gasteiger partial charge is 0.281 e. The van der Waals surface area contributed by atoms with Crippen molar-refractivity contribution in [3.63, 3.8) is 0 Å². The molecular weight excluding hydrogens is 476 g/mol. The summed E-state index contributed by atoms with van der Waals surface area (Å²) in [4.78, 5) is 18.9. The average Bonchev–Trinajstić information content (AvgIpc) is 3.23. The zero-order chi connectivity index (χ0) is 24.6. The van der Waals surface area contributed by atoms with Crippen molar-refractivity contribution in [3.8, 4) is 0 Å². The highest BCUT2D eigenvalue weighted by molar-refractivity contribution is 7.89. The van der Waals surface area contributed by atoms with E-state index >= 15 is 0 Å². The molecule has 0 radical (unpaired) electrons. The van der Waals surface area contributed by atoms with Gasteiger partial charge in [-0.1, -0.05) is 24.3 Å². The number of amidine groups is 1. The summed E-state index contributed by atoms with van der Waals surface area (Å²) in [7, 11) is -3.65. The topological polar surface area (TPSA) is 79.3 Å². The Balaban J connectivity index is 1.49. The lowest BCUT2D eigenvalue weighted by atomic mass is 10.1. The van der Waals surface area contributed by atoms with Crippen LogP contribution in [-0.4, -0.2) is 50.8 Å². The molecule has 0 N–H and O–H groups in total. The fourth-order valence-corrected chi connectivity index (χ4v) is 5.56. The Morgan fingerprint density at radius 1 is 0.943 bits per heavy atom. The number of rotatable bonds is 4. The quantitative estimate of drug-likeness (QED) is 0.551. The van der Waals surface area contributed by atoms with E-state index in [2.05, 4.69) is 4.99 Å². The molecule has 1 fully saturated rings. The van der Waals surface area contributed by atoms with Gasteiger partial charge >= 0.3 is 0 Å². The molecule has 0 spiro atoms. The highest BCUT2D eigenvalue weighted by Crippen LogP contribution is 2.30. The maximum atomic E-state index is 14.2. The van der Waals surface area contributed by atoms with Crippen molar-refractivity contribution in [2.24, 2.45) is 4.99 Å². The van der Waals surface area contributed by atoms with E-state index in [9.17, 15) is 22.0 Å². The maximum absolute atomic E-state index is 14.2. The molecule has 10 heteroatoms. The van der Waals surface area contributed by atoms with E-state index < -0.39 is 27.6 Å². The fraction of sp³-hybridized carbons (Fsp3) is 0.200. The first-order valence-corrected chi connectivity index (χ1v) is 12.4. The predicted octanol–water partition coefficient (Wildman–Crippen LogP) is 3.59. The Morgan fingerprint density at radius 2 is 1.66 bits per heavy atom. The van der Waals surface area contributed by atoms with Crippen LogP contribution in [-0.2, 0) is 21.3 Å². The number of morpholine rings is 1. The number of fused-ring (bicyclic) bond motifs is 1. The van der Waals surface area contributed by atoms with Gasteiger partial charge in [0, 0.05) is 30.4 Å². The van der Waals surface area contributed by atoms with Gasteiger partial charge in [0.05, 0.1) is 30.2 Å². The normalized spacial score (nSPS) is 17.5. The first-order valence-electron chi connectivity index (χ1n) is 11.0. The molecule has 1 saturated heterocycles. The fourth-order valence-electron chi connectivity index (χ4n) is 4.15. The Labute approximate surface area is 201 Å². The molecular formula is C25H21F2N3O4S. The number of anilines is 1. The van der Waals surface area contributed by atoms with E-state index in [0.717, 1.165) is 17.7 Å². The van der Waals surface area contributed by atoms with Crippen LogP contribution in [0.25, 0.3) is 0 Å². The Bertz CT molecular complexity index is 1420. The van der Waals surface area contributed by atoms with Gasteiger partial charge < -0.3 is 9.64 Å². The first kappa shape index (κ1) is 23.3. The van der Waals surface area contributed by atoms with E-state index in [1.165, 1.54) is 16.4 Å². The molecule has 2 aliphatic heterocycles. The Hall–Kier alpha value is -3.47. The van der Waals surface area contributed by atoms with Gasteiger partial charge in [0.1, 0.15) is 17.5 Å². The molecule has 0 aliphatic carbocycles. The second-order valence-electron chi connectivity index (χ2n) is 8.12. The third-order valence-corrected chi connectivity index (χ3v) is 7.88. The van der Waals surface area contributed by atoms with Crippen molar-refractivity contribution >= 4 is 27.5 Å². The standard InChI is InChI=1S/C25H21F2N3O4S/c26-18-5-10-22(23(27)15-18)25(31)28-24-21-4-2-1-3-17(21)16-30(24)19-6-8-20(9-7-19)35(32,33)29-11-13-34-14-12-29/h1-10,15H,11-14,16H2. The summed E-state index contributed by atoms with van der Waals surface area (Å²) < 4.78 is 60.0. The number of ether oxygens (including phenoxy) is 1. The van der Waals surface area contributed by atoms with E-state index in [1.54, 1.807) is 29.2 Å². The summed E-state index contributed by atoms with van der Waals surface area (Å²) in [6, 6.07) is 16.4. The maximum Gasteiger partial charge on any atom is 0.281 e. The van der Waals surface area contributed by atoms with Gasteiger partial charge in [0.25, 0.3) is 5.91 Å². The van der Waals surface area contributed by atoms with Gasteiger partial charge in [-0.15, -0.1) is 0 Å². The van der Waals surface area contributed by atoms with Crippen molar-refractivity contribution in [1.82, 2.24) is 4.31 Å². The second kappa shape index (κ2) is 9.29. The summed E-state index contributed by atoms with van der Waals surface area (Å²) in [6.45, 7) is 1.69. The summed E-state index contributed by atoms with van der Waals surface area (Å²) >= 11 is 0. The largest absolute Gasteiger partial charge is 0.379 e. The molecule has 3 aromatic carbocycles. The van der Waals surface area contributed by atoms with Crippen molar-refractivity contribution < 1.29 is 26.7 Å². The van der Waals surface area contributed by atoms with Gasteiger partial charge in [-0.25, -0.2) is 17.2 Å². The first-order chi connectivity index (χ1) is 16.8. The highest BCUT2D eigenvalue weighted by atomic mass is 32.2. The average molecular weight is 498 g/mol. The molecule has 1 amide bonds. The number of carbonyl (C=O) groups is 1. The predicted molar refractivity (Wildman–Crippen MR) is 126 cm³/mol. The molecule has 7 nitrogen and oxygen atoms in total. The molecule has 2 heterocycles. The molecule has 0 unspecified atom stereocenters. The number of amides is 1. The van der Waals surface area contributed by atoms with E-state index in [-0.39, 0.29) is 10.5 Å². The molecule has 0 atom stereocenters. The van der Waals surface area contributed by atoms with Crippen LogP contribution in [0, 0.1) is 11.6 Å². The van der Waals surface area contributed by atoms with Crippen LogP contribution in [0.2, 0.25) is 0 Å². The summed E-state index contributed by atoms with van der Waals surface area (Å²) in [5.74, 6) is -2.31. The van der Waals surface area contributed by atoms with Crippen LogP contribution in [0.1, 0.15) is 21.5 Å². The van der Waals surface area contributed by atoms with Gasteiger partial charge in [-0.2, -0.15) is 9.30 Å². The number of benzene rings is 3. The molecule has 0 saturated carbocycles. The summed E-state index contributed by atoms with van der Waals surface area (Å²) in [6.07, 6.45) is 0. The monoisotopic (exact) mass is 497 g/mol. The van der Waals surface area contributed by atoms with Crippen molar-refractivity contribution in [1.29, 1.82) is 0 Å². The van der Waals surface area contributed by atoms with E-state index in [1.807, 2.05) is 12.1 Å². The third-order valence-electron chi connectivity index (χ3n) is 5.97. The van der Waals surface area contributed by atoms with Crippen LogP contribution >= 0.6 is 0 Å². The van der Waals surface area contributed by atoms with E-state index in [0.29, 0.717) is 56.0 Å². The van der Waals surface area contributed by atoms with Crippen LogP contribution in [0.4, 0.5) is 14.5 Å².